The van der Waals surface area contributed by atoms with E-state index >= 15 is 9.59 Å². The third-order valence-corrected chi connectivity index (χ3v) is 22.2. The van der Waals surface area contributed by atoms with Gasteiger partial charge in [-0.3, -0.25) is 0 Å². The molecule has 0 unspecified atom stereocenters. The molecule has 0 aromatic heterocycles. The first-order valence-corrected chi connectivity index (χ1v) is 29.3. The molecular formula is C51H65O10SeSi2. The fourth-order valence-corrected chi connectivity index (χ4v) is 15.5. The molecule has 0 N–H and O–H groups in total. The maximum absolute atomic E-state index is 16.9. The number of rotatable bonds is 15. The molecule has 1 aliphatic heterocycles. The van der Waals surface area contributed by atoms with E-state index < -0.39 is 96.2 Å². The number of ketones is 2. The van der Waals surface area contributed by atoms with Crippen LogP contribution in [0.15, 0.2) is 108 Å². The normalized spacial score (nSPS) is 30.0. The van der Waals surface area contributed by atoms with Crippen molar-refractivity contribution >= 4 is 54.3 Å². The molecule has 2 saturated carbocycles. The summed E-state index contributed by atoms with van der Waals surface area (Å²) in [7, 11) is -2.78. The van der Waals surface area contributed by atoms with Gasteiger partial charge in [-0.25, -0.2) is 0 Å². The Bertz CT molecular complexity index is 2230. The second-order valence-corrected chi connectivity index (χ2v) is 29.3. The van der Waals surface area contributed by atoms with Crippen molar-refractivity contribution in [3.63, 3.8) is 0 Å². The van der Waals surface area contributed by atoms with Gasteiger partial charge >= 0.3 is 391 Å². The van der Waals surface area contributed by atoms with E-state index in [4.69, 9.17) is 32.5 Å². The Balaban J connectivity index is 1.58. The fraction of sp³-hybridized carbons (Fsp3) is 0.510. The molecule has 8 atom stereocenters. The number of carbonyl (C=O) groups is 3. The summed E-state index contributed by atoms with van der Waals surface area (Å²) in [6, 6.07) is 26.4. The van der Waals surface area contributed by atoms with Gasteiger partial charge in [0.2, 0.25) is 0 Å². The van der Waals surface area contributed by atoms with Crippen molar-refractivity contribution in [3.8, 4) is 5.75 Å². The Labute approximate surface area is 388 Å². The maximum atomic E-state index is 16.9. The zero-order valence-corrected chi connectivity index (χ0v) is 43.0. The first-order chi connectivity index (χ1) is 30.2. The average molecular weight is 973 g/mol. The molecule has 13 heteroatoms. The first kappa shape index (κ1) is 48.3. The summed E-state index contributed by atoms with van der Waals surface area (Å²) in [4.78, 5) is 48.2. The summed E-state index contributed by atoms with van der Waals surface area (Å²) >= 11 is -0.546. The SMILES string of the molecule is C=CCOC1=C([Se]c2ccccc2)[C@@H]2[C@@H](OCc3ccc(OC)cc3)C(=O)[C@]3(C)[C@@H](O[Si](C)(C)C(C)(C)C)CC[C@@]4(CO4)[C@H]3[C@H](OC(=O)c3ccccc3)[C@](O[Si](C)C)(C1=O)C2(C)C. The van der Waals surface area contributed by atoms with Crippen LogP contribution in [0.3, 0.4) is 0 Å². The standard InChI is InChI=1S/C51H65O10SeSi2/c1-13-30-56-40-41(62-36-22-18-15-19-23-36)38-39(57-31-33-24-26-35(55-8)27-25-33)43(52)49(7)37(60-64(11,12)47(2,3)4)28-29-50(32-58-50)42(49)45(59-46(54)34-20-16-14-17-21-34)51(44(40)53,48(38,5)6)61-63(9)10/h13-27,37-39,42,45H,1,28-32H2,2-12H3/t37-,38-,39+,42-,45-,49+,50+,51+/m0/s1. The molecule has 1 radical (unpaired) electrons. The van der Waals surface area contributed by atoms with Gasteiger partial charge in [-0.1, -0.05) is 0 Å². The van der Waals surface area contributed by atoms with E-state index in [-0.39, 0.29) is 29.8 Å². The number of methoxy groups -OCH3 is 1. The second-order valence-electron chi connectivity index (χ2n) is 20.1. The third-order valence-electron chi connectivity index (χ3n) is 14.6. The Hall–Kier alpha value is -3.66. The molecule has 3 aromatic rings. The first-order valence-electron chi connectivity index (χ1n) is 22.3. The van der Waals surface area contributed by atoms with Crippen molar-refractivity contribution in [1.82, 2.24) is 0 Å². The number of ether oxygens (including phenoxy) is 5. The molecular weight excluding hydrogens is 908 g/mol. The minimum absolute atomic E-state index is 0.0190. The number of hydrogen-bond acceptors (Lipinski definition) is 10. The summed E-state index contributed by atoms with van der Waals surface area (Å²) in [5.41, 5.74) is -4.35. The van der Waals surface area contributed by atoms with E-state index in [9.17, 15) is 4.79 Å². The molecule has 0 amide bonds. The van der Waals surface area contributed by atoms with Gasteiger partial charge in [0.1, 0.15) is 0 Å². The van der Waals surface area contributed by atoms with Crippen LogP contribution < -0.4 is 9.20 Å². The van der Waals surface area contributed by atoms with Gasteiger partial charge < -0.3 is 0 Å². The Morgan fingerprint density at radius 3 is 2.16 bits per heavy atom. The summed E-state index contributed by atoms with van der Waals surface area (Å²) in [6.45, 7) is 25.2. The summed E-state index contributed by atoms with van der Waals surface area (Å²) in [5, 5.41) is -0.204. The third kappa shape index (κ3) is 8.49. The van der Waals surface area contributed by atoms with Gasteiger partial charge in [0.05, 0.1) is 0 Å². The molecule has 3 aromatic carbocycles. The van der Waals surface area contributed by atoms with E-state index in [2.05, 4.69) is 40.4 Å². The molecule has 3 aliphatic carbocycles. The van der Waals surface area contributed by atoms with Crippen LogP contribution in [0.25, 0.3) is 0 Å². The van der Waals surface area contributed by atoms with Crippen LogP contribution in [-0.2, 0) is 44.0 Å². The topological polar surface area (TPSA) is 119 Å². The summed E-state index contributed by atoms with van der Waals surface area (Å²) in [6.07, 6.45) is -0.460. The van der Waals surface area contributed by atoms with Crippen molar-refractivity contribution in [1.29, 1.82) is 0 Å². The predicted octanol–water partition coefficient (Wildman–Crippen LogP) is 8.64. The van der Waals surface area contributed by atoms with Gasteiger partial charge in [-0.2, -0.15) is 0 Å². The molecule has 7 rings (SSSR count). The van der Waals surface area contributed by atoms with E-state index in [1.807, 2.05) is 94.5 Å². The van der Waals surface area contributed by atoms with Crippen molar-refractivity contribution in [2.24, 2.45) is 22.7 Å². The molecule has 1 spiro atoms. The Morgan fingerprint density at radius 1 is 0.969 bits per heavy atom. The molecule has 10 nitrogen and oxygen atoms in total. The molecule has 2 bridgehead atoms. The van der Waals surface area contributed by atoms with Gasteiger partial charge in [-0.15, -0.1) is 0 Å². The van der Waals surface area contributed by atoms with Gasteiger partial charge in [0.25, 0.3) is 0 Å². The van der Waals surface area contributed by atoms with Crippen LogP contribution in [0, 0.1) is 22.7 Å². The molecule has 4 aliphatic rings. The number of benzene rings is 3. The van der Waals surface area contributed by atoms with E-state index in [1.165, 1.54) is 0 Å². The molecule has 343 valence electrons. The number of esters is 1. The van der Waals surface area contributed by atoms with Crippen molar-refractivity contribution < 1.29 is 46.9 Å². The Kier molecular flexibility index (Phi) is 13.7. The van der Waals surface area contributed by atoms with Crippen molar-refractivity contribution in [2.75, 3.05) is 20.3 Å². The van der Waals surface area contributed by atoms with Crippen molar-refractivity contribution in [2.45, 2.75) is 122 Å². The van der Waals surface area contributed by atoms with Crippen LogP contribution >= 0.6 is 0 Å². The zero-order chi connectivity index (χ0) is 46.5. The molecule has 1 saturated heterocycles. The predicted molar refractivity (Wildman–Crippen MR) is 252 cm³/mol. The number of carbonyl (C=O) groups excluding carboxylic acids is 3. The van der Waals surface area contributed by atoms with Crippen LogP contribution in [0.4, 0.5) is 0 Å². The zero-order valence-electron chi connectivity index (χ0n) is 39.3. The number of Topliss-reactive ketones (excluding diaryl/α,β-unsaturated/α-hetero) is 2. The molecule has 3 fully saturated rings. The number of hydrogen-bond donors (Lipinski definition) is 0. The van der Waals surface area contributed by atoms with Gasteiger partial charge in [0.15, 0.2) is 0 Å². The van der Waals surface area contributed by atoms with Crippen LogP contribution in [0.1, 0.15) is 70.3 Å². The van der Waals surface area contributed by atoms with E-state index in [0.717, 1.165) is 10.0 Å². The monoisotopic (exact) mass is 973 g/mol. The quantitative estimate of drug-likeness (QED) is 0.0634. The van der Waals surface area contributed by atoms with Crippen LogP contribution in [0.5, 0.6) is 5.75 Å². The van der Waals surface area contributed by atoms with Crippen LogP contribution in [0.2, 0.25) is 31.2 Å². The summed E-state index contributed by atoms with van der Waals surface area (Å²) < 4.78 is 49.5. The van der Waals surface area contributed by atoms with Crippen molar-refractivity contribution in [3.05, 3.63) is 119 Å². The fourth-order valence-electron chi connectivity index (χ4n) is 10.1. The molecule has 1 heterocycles. The summed E-state index contributed by atoms with van der Waals surface area (Å²) in [5.74, 6) is -2.14. The number of fused-ring (bicyclic) bond motifs is 4. The second kappa shape index (κ2) is 18.2. The Morgan fingerprint density at radius 2 is 1.59 bits per heavy atom. The van der Waals surface area contributed by atoms with Gasteiger partial charge in [-0.05, 0) is 0 Å². The van der Waals surface area contributed by atoms with Gasteiger partial charge in [0, 0.05) is 0 Å². The minimum atomic E-state index is -2.60. The van der Waals surface area contributed by atoms with E-state index in [0.29, 0.717) is 35.2 Å². The van der Waals surface area contributed by atoms with E-state index in [1.54, 1.807) is 37.5 Å². The van der Waals surface area contributed by atoms with Crippen LogP contribution in [-0.4, -0.2) is 99.7 Å². The number of epoxide rings is 1. The molecule has 64 heavy (non-hydrogen) atoms. The average Bonchev–Trinajstić information content (AvgIpc) is 4.03.